The minimum Gasteiger partial charge on any atom is -0.443 e. The molecule has 3 fully saturated rings. The quantitative estimate of drug-likeness (QED) is 0.129. The molecule has 2 aromatic heterocycles. The maximum Gasteiger partial charge on any atom is 0.434 e. The highest BCUT2D eigenvalue weighted by molar-refractivity contribution is 6.36. The first-order chi connectivity index (χ1) is 24.7. The fourth-order valence-corrected chi connectivity index (χ4v) is 8.74. The molecule has 1 amide bonds. The van der Waals surface area contributed by atoms with E-state index >= 15 is 0 Å². The SMILES string of the molecule is Cc1nccc(/C=C/C(=O)N2CCC(C=[N+](C)c3nc(OC[C@@]45CCCN4C[C@H](F)C5)nc4c3CCN(c3cccc5cccc(Cl)c35)C4)C2)n1. The van der Waals surface area contributed by atoms with E-state index in [0.717, 1.165) is 77.3 Å². The molecule has 0 saturated carbocycles. The van der Waals surface area contributed by atoms with Crippen LogP contribution in [0.15, 0.2) is 54.7 Å². The predicted molar refractivity (Wildman–Crippen MR) is 197 cm³/mol. The monoisotopic (exact) mass is 709 g/mol. The van der Waals surface area contributed by atoms with Crippen molar-refractivity contribution in [2.75, 3.05) is 51.3 Å². The van der Waals surface area contributed by atoms with Crippen molar-refractivity contribution in [1.29, 1.82) is 0 Å². The third-order valence-electron chi connectivity index (χ3n) is 10.9. The van der Waals surface area contributed by atoms with Gasteiger partial charge in [-0.2, -0.15) is 4.98 Å². The molecular weight excluding hydrogens is 667 g/mol. The Morgan fingerprint density at radius 2 is 1.98 bits per heavy atom. The first-order valence-electron chi connectivity index (χ1n) is 17.9. The van der Waals surface area contributed by atoms with Gasteiger partial charge in [0.15, 0.2) is 0 Å². The summed E-state index contributed by atoms with van der Waals surface area (Å²) in [6, 6.07) is 14.4. The minimum absolute atomic E-state index is 0.0312. The van der Waals surface area contributed by atoms with Crippen LogP contribution in [-0.4, -0.2) is 105 Å². The van der Waals surface area contributed by atoms with E-state index in [0.29, 0.717) is 56.7 Å². The maximum atomic E-state index is 14.6. The fraction of sp³-hybridized carbons (Fsp3) is 0.436. The minimum atomic E-state index is -0.833. The molecule has 3 saturated heterocycles. The van der Waals surface area contributed by atoms with Crippen LogP contribution in [0.3, 0.4) is 0 Å². The molecule has 4 aromatic rings. The molecule has 264 valence electrons. The summed E-state index contributed by atoms with van der Waals surface area (Å²) < 4.78 is 23.1. The number of aryl methyl sites for hydroxylation is 1. The highest BCUT2D eigenvalue weighted by atomic mass is 35.5. The number of ether oxygens (including phenoxy) is 1. The lowest BCUT2D eigenvalue weighted by Crippen LogP contribution is -2.43. The van der Waals surface area contributed by atoms with E-state index < -0.39 is 6.17 Å². The summed E-state index contributed by atoms with van der Waals surface area (Å²) in [7, 11) is 2.02. The van der Waals surface area contributed by atoms with Gasteiger partial charge in [-0.25, -0.2) is 18.9 Å². The molecule has 3 atom stereocenters. The summed E-state index contributed by atoms with van der Waals surface area (Å²) in [5, 5.41) is 2.85. The highest BCUT2D eigenvalue weighted by Crippen LogP contribution is 2.41. The van der Waals surface area contributed by atoms with Crippen molar-refractivity contribution < 1.29 is 18.5 Å². The average Bonchev–Trinajstić information content (AvgIpc) is 3.83. The number of benzene rings is 2. The Kier molecular flexibility index (Phi) is 9.18. The van der Waals surface area contributed by atoms with E-state index in [9.17, 15) is 9.18 Å². The predicted octanol–water partition coefficient (Wildman–Crippen LogP) is 5.81. The van der Waals surface area contributed by atoms with Crippen molar-refractivity contribution in [3.8, 4) is 6.01 Å². The summed E-state index contributed by atoms with van der Waals surface area (Å²) in [6.45, 7) is 6.21. The zero-order valence-electron chi connectivity index (χ0n) is 29.1. The third-order valence-corrected chi connectivity index (χ3v) is 11.2. The lowest BCUT2D eigenvalue weighted by atomic mass is 9.95. The van der Waals surface area contributed by atoms with Gasteiger partial charge in [-0.3, -0.25) is 9.69 Å². The lowest BCUT2D eigenvalue weighted by Gasteiger charge is -2.32. The summed E-state index contributed by atoms with van der Waals surface area (Å²) in [5.74, 6) is 1.61. The maximum absolute atomic E-state index is 14.6. The number of likely N-dealkylation sites (tertiary alicyclic amines) is 1. The van der Waals surface area contributed by atoms with Gasteiger partial charge in [0, 0.05) is 73.3 Å². The molecule has 1 unspecified atom stereocenters. The second-order valence-corrected chi connectivity index (χ2v) is 14.8. The van der Waals surface area contributed by atoms with Gasteiger partial charge in [0.05, 0.1) is 47.3 Å². The van der Waals surface area contributed by atoms with Crippen molar-refractivity contribution >= 4 is 52.1 Å². The van der Waals surface area contributed by atoms with Crippen LogP contribution in [-0.2, 0) is 17.8 Å². The molecule has 12 heteroatoms. The summed E-state index contributed by atoms with van der Waals surface area (Å²) in [4.78, 5) is 38.0. The summed E-state index contributed by atoms with van der Waals surface area (Å²) in [5.41, 5.74) is 3.48. The Labute approximate surface area is 302 Å². The normalized spacial score (nSPS) is 23.7. The van der Waals surface area contributed by atoms with Crippen LogP contribution in [0.5, 0.6) is 6.01 Å². The van der Waals surface area contributed by atoms with E-state index in [1.807, 2.05) is 31.0 Å². The first kappa shape index (κ1) is 33.7. The Balaban J connectivity index is 1.06. The molecular formula is C39H43ClFN8O2+. The molecule has 0 spiro atoms. The van der Waals surface area contributed by atoms with Gasteiger partial charge in [-0.15, -0.1) is 0 Å². The van der Waals surface area contributed by atoms with Crippen molar-refractivity contribution in [2.45, 2.75) is 57.3 Å². The molecule has 4 aliphatic heterocycles. The van der Waals surface area contributed by atoms with E-state index in [1.165, 1.54) is 0 Å². The van der Waals surface area contributed by atoms with Crippen LogP contribution in [0, 0.1) is 12.8 Å². The van der Waals surface area contributed by atoms with Gasteiger partial charge in [-0.05, 0) is 62.4 Å². The number of anilines is 1. The number of hydrogen-bond acceptors (Lipinski definition) is 8. The smallest absolute Gasteiger partial charge is 0.434 e. The second kappa shape index (κ2) is 13.9. The van der Waals surface area contributed by atoms with Gasteiger partial charge in [0.2, 0.25) is 5.91 Å². The number of halogens is 2. The molecule has 51 heavy (non-hydrogen) atoms. The van der Waals surface area contributed by atoms with Crippen molar-refractivity contribution in [3.63, 3.8) is 0 Å². The number of hydrogen-bond donors (Lipinski definition) is 0. The molecule has 4 aliphatic rings. The first-order valence-corrected chi connectivity index (χ1v) is 18.3. The number of rotatable bonds is 8. The average molecular weight is 710 g/mol. The van der Waals surface area contributed by atoms with Gasteiger partial charge >= 0.3 is 11.8 Å². The number of nitrogens with zero attached hydrogens (tertiary/aromatic N) is 8. The fourth-order valence-electron chi connectivity index (χ4n) is 8.46. The molecule has 0 radical (unpaired) electrons. The van der Waals surface area contributed by atoms with Crippen LogP contribution >= 0.6 is 11.6 Å². The Hall–Kier alpha value is -4.48. The number of carbonyl (C=O) groups excluding carboxylic acids is 1. The van der Waals surface area contributed by atoms with Crippen LogP contribution in [0.2, 0.25) is 5.02 Å². The van der Waals surface area contributed by atoms with E-state index in [1.54, 1.807) is 24.4 Å². The van der Waals surface area contributed by atoms with Crippen molar-refractivity contribution in [3.05, 3.63) is 82.5 Å². The van der Waals surface area contributed by atoms with Crippen molar-refractivity contribution in [2.24, 2.45) is 5.92 Å². The number of fused-ring (bicyclic) bond motifs is 3. The van der Waals surface area contributed by atoms with E-state index in [-0.39, 0.29) is 17.4 Å². The largest absolute Gasteiger partial charge is 0.443 e. The topological polar surface area (TPSA) is 90.6 Å². The Morgan fingerprint density at radius 3 is 2.84 bits per heavy atom. The number of amides is 1. The van der Waals surface area contributed by atoms with Crippen LogP contribution in [0.4, 0.5) is 15.9 Å². The van der Waals surface area contributed by atoms with Crippen LogP contribution in [0.1, 0.15) is 48.5 Å². The zero-order chi connectivity index (χ0) is 35.1. The molecule has 6 heterocycles. The van der Waals surface area contributed by atoms with E-state index in [4.69, 9.17) is 26.3 Å². The highest BCUT2D eigenvalue weighted by Gasteiger charge is 2.49. The number of aromatic nitrogens is 4. The molecule has 0 aliphatic carbocycles. The second-order valence-electron chi connectivity index (χ2n) is 14.4. The third kappa shape index (κ3) is 6.81. The molecule has 2 aromatic carbocycles. The van der Waals surface area contributed by atoms with Gasteiger partial charge < -0.3 is 14.5 Å². The summed E-state index contributed by atoms with van der Waals surface area (Å²) in [6.07, 6.45) is 10.4. The standard InChI is InChI=1S/C39H43ClFN8O2/c1-26-42-16-12-30(43-26)10-11-35(50)48-18-13-27(22-48)21-46(2)37-31-14-19-47(34-9-4-7-28-6-3-8-32(40)36(28)34)24-33(31)44-38(45-37)51-25-39-15-5-17-49(39)23-29(41)20-39/h3-4,6-12,16,21,27,29H,5,13-15,17-20,22-25H2,1-2H3/q+1/b11-10+,46-21?/t27?,29-,39+/m1/s1. The van der Waals surface area contributed by atoms with Gasteiger partial charge in [0.1, 0.15) is 18.6 Å². The molecule has 8 rings (SSSR count). The molecule has 0 N–H and O–H groups in total. The molecule has 0 bridgehead atoms. The van der Waals surface area contributed by atoms with Crippen molar-refractivity contribution in [1.82, 2.24) is 29.7 Å². The van der Waals surface area contributed by atoms with Gasteiger partial charge in [-0.1, -0.05) is 35.9 Å². The van der Waals surface area contributed by atoms with Crippen LogP contribution < -0.4 is 9.64 Å². The Morgan fingerprint density at radius 1 is 1.12 bits per heavy atom. The number of alkyl halides is 1. The lowest BCUT2D eigenvalue weighted by molar-refractivity contribution is -0.407. The van der Waals surface area contributed by atoms with E-state index in [2.05, 4.69) is 54.8 Å². The zero-order valence-corrected chi connectivity index (χ0v) is 29.9. The van der Waals surface area contributed by atoms with Crippen LogP contribution in [0.25, 0.3) is 16.8 Å². The Bertz CT molecular complexity index is 2030. The van der Waals surface area contributed by atoms with Gasteiger partial charge in [0.25, 0.3) is 0 Å². The number of carbonyl (C=O) groups is 1. The summed E-state index contributed by atoms with van der Waals surface area (Å²) >= 11 is 6.75. The molecule has 10 nitrogen and oxygen atoms in total.